The quantitative estimate of drug-likeness (QED) is 0.0538. The minimum Gasteiger partial charge on any atom is -0.394 e. The molecule has 0 amide bonds. The standard InChI is InChI=1S/C24H42O21.2C6H14O6/c25-1-5-9(29)10(30)15(35)22(40-5)44-19-7(3-27)42-24(17(37)12(19)32)45-20-8(4-28)41-23(16(36)13(20)33)43-18-6(2-26)39-21(38)14(34)11(18)31;2*7-1-3(9)5(11)6(12)4(10)2-8/h5-38H,1-4H2;2*3-12H,1-2H2/t5?,6-,7-,8?,9+,10-,11?,12?,13+,14?,15?,16?,17?,18+,19+,20+,21+,22-,23-,24-;;/m0../s1. The molecular weight excluding hydrogens is 960 g/mol. The van der Waals surface area contributed by atoms with E-state index >= 15 is 0 Å². The van der Waals surface area contributed by atoms with Gasteiger partial charge < -0.3 is 166 Å². The highest BCUT2D eigenvalue weighted by atomic mass is 16.8. The fourth-order valence-corrected chi connectivity index (χ4v) is 6.89. The molecule has 33 heteroatoms. The van der Waals surface area contributed by atoms with Crippen molar-refractivity contribution in [3.8, 4) is 0 Å². The summed E-state index contributed by atoms with van der Waals surface area (Å²) in [4.78, 5) is 0. The molecule has 0 radical (unpaired) electrons. The van der Waals surface area contributed by atoms with Gasteiger partial charge in [0.1, 0.15) is 146 Å². The molecule has 0 saturated carbocycles. The zero-order valence-corrected chi connectivity index (χ0v) is 36.3. The average molecular weight is 1030 g/mol. The Labute approximate surface area is 390 Å². The highest BCUT2D eigenvalue weighted by Gasteiger charge is 2.55. The second-order valence-corrected chi connectivity index (χ2v) is 16.1. The van der Waals surface area contributed by atoms with Gasteiger partial charge in [-0.05, 0) is 0 Å². The predicted molar refractivity (Wildman–Crippen MR) is 210 cm³/mol. The summed E-state index contributed by atoms with van der Waals surface area (Å²) in [6.45, 7) is -6.29. The third-order valence-electron chi connectivity index (χ3n) is 11.2. The number of hydrogen-bond acceptors (Lipinski definition) is 33. The Morgan fingerprint density at radius 2 is 0.536 bits per heavy atom. The first-order valence-corrected chi connectivity index (χ1v) is 21.1. The van der Waals surface area contributed by atoms with Crippen LogP contribution in [-0.4, -0.2) is 357 Å². The Bertz CT molecular complexity index is 1320. The molecule has 16 unspecified atom stereocenters. The highest BCUT2D eigenvalue weighted by Crippen LogP contribution is 2.34. The lowest BCUT2D eigenvalue weighted by atomic mass is 9.95. The van der Waals surface area contributed by atoms with Gasteiger partial charge in [-0.1, -0.05) is 0 Å². The number of rotatable bonds is 20. The Morgan fingerprint density at radius 1 is 0.290 bits per heavy atom. The first-order chi connectivity index (χ1) is 32.4. The third kappa shape index (κ3) is 16.3. The monoisotopic (exact) mass is 1030 g/mol. The van der Waals surface area contributed by atoms with Crippen LogP contribution < -0.4 is 0 Å². The van der Waals surface area contributed by atoms with Crippen LogP contribution in [0.25, 0.3) is 0 Å². The van der Waals surface area contributed by atoms with Crippen molar-refractivity contribution >= 4 is 0 Å². The smallest absolute Gasteiger partial charge is 0.187 e. The number of aliphatic hydroxyl groups is 26. The van der Waals surface area contributed by atoms with Crippen molar-refractivity contribution in [3.63, 3.8) is 0 Å². The summed E-state index contributed by atoms with van der Waals surface area (Å²) in [6, 6.07) is 0. The van der Waals surface area contributed by atoms with Crippen LogP contribution in [0.1, 0.15) is 0 Å². The SMILES string of the molecule is OCC(O)C(O)C(O)C(O)CO.OCC(O)C(O)C(O)C(O)CO.OCC1O[C@@H](O[C@H]2C(O)C(O)[C@H](O[C@@H]3C(CO)O[C@@H](O[C@H]4C(O)C(O)[C@H](O)O[C@H]4CO)C(O)[C@H]3O)O[C@H]2CO)C(O)[C@@H](O)[C@@H]1O. The summed E-state index contributed by atoms with van der Waals surface area (Å²) in [6.07, 6.45) is -48.1. The van der Waals surface area contributed by atoms with Crippen molar-refractivity contribution in [3.05, 3.63) is 0 Å². The minimum absolute atomic E-state index is 0.726. The molecule has 0 spiro atoms. The van der Waals surface area contributed by atoms with Crippen molar-refractivity contribution in [1.29, 1.82) is 0 Å². The summed E-state index contributed by atoms with van der Waals surface area (Å²) in [5.74, 6) is 0. The van der Waals surface area contributed by atoms with Gasteiger partial charge in [-0.25, -0.2) is 0 Å². The van der Waals surface area contributed by atoms with Gasteiger partial charge in [0.05, 0.1) is 52.9 Å². The van der Waals surface area contributed by atoms with E-state index in [0.717, 1.165) is 0 Å². The second-order valence-electron chi connectivity index (χ2n) is 16.1. The first kappa shape index (κ1) is 63.8. The van der Waals surface area contributed by atoms with E-state index in [0.29, 0.717) is 0 Å². The topological polar surface area (TPSA) is 591 Å². The largest absolute Gasteiger partial charge is 0.394 e. The summed E-state index contributed by atoms with van der Waals surface area (Å²) in [5, 5.41) is 246. The molecule has 4 rings (SSSR count). The molecule has 4 fully saturated rings. The average Bonchev–Trinajstić information content (AvgIpc) is 3.36. The molecular formula is C36H70O33. The molecule has 28 atom stereocenters. The van der Waals surface area contributed by atoms with E-state index in [1.165, 1.54) is 0 Å². The van der Waals surface area contributed by atoms with Crippen LogP contribution in [-0.2, 0) is 33.2 Å². The van der Waals surface area contributed by atoms with Gasteiger partial charge in [-0.2, -0.15) is 0 Å². The van der Waals surface area contributed by atoms with Gasteiger partial charge >= 0.3 is 0 Å². The van der Waals surface area contributed by atoms with Gasteiger partial charge in [0.2, 0.25) is 0 Å². The van der Waals surface area contributed by atoms with E-state index in [2.05, 4.69) is 0 Å². The van der Waals surface area contributed by atoms with E-state index in [1.807, 2.05) is 0 Å². The maximum Gasteiger partial charge on any atom is 0.187 e. The Hall–Kier alpha value is -1.32. The third-order valence-corrected chi connectivity index (χ3v) is 11.2. The predicted octanol–water partition coefficient (Wildman–Crippen LogP) is -16.9. The van der Waals surface area contributed by atoms with Crippen LogP contribution in [0, 0.1) is 0 Å². The molecule has 0 aromatic rings. The van der Waals surface area contributed by atoms with Crippen molar-refractivity contribution in [2.24, 2.45) is 0 Å². The maximum absolute atomic E-state index is 10.9. The molecule has 33 nitrogen and oxygen atoms in total. The molecule has 26 N–H and O–H groups in total. The number of hydrogen-bond donors (Lipinski definition) is 26. The van der Waals surface area contributed by atoms with Crippen LogP contribution >= 0.6 is 0 Å². The molecule has 0 aromatic carbocycles. The summed E-state index contributed by atoms with van der Waals surface area (Å²) in [7, 11) is 0. The van der Waals surface area contributed by atoms with Crippen LogP contribution in [0.15, 0.2) is 0 Å². The van der Waals surface area contributed by atoms with E-state index in [4.69, 9.17) is 94.4 Å². The Kier molecular flexibility index (Phi) is 27.9. The lowest BCUT2D eigenvalue weighted by Crippen LogP contribution is -2.67. The van der Waals surface area contributed by atoms with E-state index < -0.39 is 225 Å². The molecule has 4 saturated heterocycles. The Morgan fingerprint density at radius 3 is 0.812 bits per heavy atom. The van der Waals surface area contributed by atoms with Gasteiger partial charge in [0, 0.05) is 0 Å². The van der Waals surface area contributed by atoms with E-state index in [9.17, 15) is 71.5 Å². The van der Waals surface area contributed by atoms with Crippen LogP contribution in [0.2, 0.25) is 0 Å². The molecule has 0 bridgehead atoms. The molecule has 0 aliphatic carbocycles. The van der Waals surface area contributed by atoms with Gasteiger partial charge in [0.25, 0.3) is 0 Å². The minimum atomic E-state index is -2.02. The molecule has 4 heterocycles. The molecule has 412 valence electrons. The van der Waals surface area contributed by atoms with E-state index in [-0.39, 0.29) is 0 Å². The summed E-state index contributed by atoms with van der Waals surface area (Å²) < 4.78 is 37.7. The zero-order valence-electron chi connectivity index (χ0n) is 36.3. The maximum atomic E-state index is 10.9. The van der Waals surface area contributed by atoms with Gasteiger partial charge in [-0.15, -0.1) is 0 Å². The summed E-state index contributed by atoms with van der Waals surface area (Å²) in [5.41, 5.74) is 0. The van der Waals surface area contributed by atoms with Crippen molar-refractivity contribution in [2.45, 2.75) is 172 Å². The fourth-order valence-electron chi connectivity index (χ4n) is 6.89. The normalized spacial score (nSPS) is 42.0. The van der Waals surface area contributed by atoms with Crippen molar-refractivity contribution in [1.82, 2.24) is 0 Å². The van der Waals surface area contributed by atoms with Gasteiger partial charge in [0.15, 0.2) is 25.2 Å². The van der Waals surface area contributed by atoms with Crippen molar-refractivity contribution < 1.29 is 166 Å². The van der Waals surface area contributed by atoms with Crippen LogP contribution in [0.3, 0.4) is 0 Å². The first-order valence-electron chi connectivity index (χ1n) is 21.1. The fraction of sp³-hybridized carbons (Fsp3) is 1.00. The van der Waals surface area contributed by atoms with Crippen molar-refractivity contribution in [2.75, 3.05) is 52.9 Å². The summed E-state index contributed by atoms with van der Waals surface area (Å²) >= 11 is 0. The molecule has 4 aliphatic rings. The Balaban J connectivity index is 0.000000557. The van der Waals surface area contributed by atoms with Crippen LogP contribution in [0.4, 0.5) is 0 Å². The molecule has 0 aromatic heterocycles. The number of aliphatic hydroxyl groups excluding tert-OH is 26. The van der Waals surface area contributed by atoms with Crippen LogP contribution in [0.5, 0.6) is 0 Å². The second kappa shape index (κ2) is 30.1. The number of ether oxygens (including phenoxy) is 7. The van der Waals surface area contributed by atoms with Gasteiger partial charge in [-0.3, -0.25) is 0 Å². The van der Waals surface area contributed by atoms with E-state index in [1.54, 1.807) is 0 Å². The molecule has 69 heavy (non-hydrogen) atoms. The highest BCUT2D eigenvalue weighted by molar-refractivity contribution is 4.98. The molecule has 4 aliphatic heterocycles. The lowest BCUT2D eigenvalue weighted by molar-refractivity contribution is -0.387. The lowest BCUT2D eigenvalue weighted by Gasteiger charge is -2.49. The zero-order chi connectivity index (χ0) is 52.8.